The second kappa shape index (κ2) is 4.44. The molecule has 0 aliphatic heterocycles. The lowest BCUT2D eigenvalue weighted by molar-refractivity contribution is 0.527. The van der Waals surface area contributed by atoms with Gasteiger partial charge in [0.25, 0.3) is 0 Å². The van der Waals surface area contributed by atoms with Crippen LogP contribution in [0.5, 0.6) is 0 Å². The SMILES string of the molecule is Cc1cc(N)c(Cl)cc1Sc1ccoc1C. The van der Waals surface area contributed by atoms with Crippen molar-refractivity contribution in [1.82, 2.24) is 0 Å². The average Bonchev–Trinajstić information content (AvgIpc) is 2.61. The Morgan fingerprint density at radius 1 is 1.25 bits per heavy atom. The number of furan rings is 1. The summed E-state index contributed by atoms with van der Waals surface area (Å²) in [5, 5.41) is 0.592. The van der Waals surface area contributed by atoms with Crippen LogP contribution < -0.4 is 5.73 Å². The highest BCUT2D eigenvalue weighted by Crippen LogP contribution is 2.36. The normalized spacial score (nSPS) is 10.7. The summed E-state index contributed by atoms with van der Waals surface area (Å²) in [7, 11) is 0. The number of benzene rings is 1. The van der Waals surface area contributed by atoms with Gasteiger partial charge in [-0.25, -0.2) is 0 Å². The zero-order chi connectivity index (χ0) is 11.7. The van der Waals surface area contributed by atoms with Crippen LogP contribution in [0.15, 0.2) is 38.7 Å². The molecule has 0 fully saturated rings. The molecule has 0 saturated carbocycles. The van der Waals surface area contributed by atoms with Crippen LogP contribution in [0, 0.1) is 13.8 Å². The molecule has 4 heteroatoms. The summed E-state index contributed by atoms with van der Waals surface area (Å²) in [6, 6.07) is 5.73. The van der Waals surface area contributed by atoms with Crippen molar-refractivity contribution in [2.45, 2.75) is 23.6 Å². The van der Waals surface area contributed by atoms with Gasteiger partial charge in [0.1, 0.15) is 5.76 Å². The molecule has 0 aliphatic rings. The highest BCUT2D eigenvalue weighted by Gasteiger charge is 2.08. The number of hydrogen-bond acceptors (Lipinski definition) is 3. The van der Waals surface area contributed by atoms with E-state index in [1.165, 1.54) is 0 Å². The summed E-state index contributed by atoms with van der Waals surface area (Å²) in [5.74, 6) is 0.914. The molecule has 0 saturated heterocycles. The lowest BCUT2D eigenvalue weighted by atomic mass is 10.2. The van der Waals surface area contributed by atoms with Gasteiger partial charge in [0.05, 0.1) is 21.9 Å². The fourth-order valence-electron chi connectivity index (χ4n) is 1.39. The van der Waals surface area contributed by atoms with Gasteiger partial charge < -0.3 is 10.2 Å². The Balaban J connectivity index is 2.35. The molecule has 2 N–H and O–H groups in total. The van der Waals surface area contributed by atoms with E-state index in [1.807, 2.05) is 32.0 Å². The Kier molecular flexibility index (Phi) is 3.17. The summed E-state index contributed by atoms with van der Waals surface area (Å²) in [4.78, 5) is 2.20. The molecule has 0 unspecified atom stereocenters. The molecule has 2 aromatic rings. The van der Waals surface area contributed by atoms with Crippen molar-refractivity contribution in [2.75, 3.05) is 5.73 Å². The maximum atomic E-state index is 6.00. The van der Waals surface area contributed by atoms with Crippen LogP contribution in [-0.2, 0) is 0 Å². The Bertz CT molecular complexity index is 522. The van der Waals surface area contributed by atoms with Gasteiger partial charge in [-0.2, -0.15) is 0 Å². The number of anilines is 1. The predicted octanol–water partition coefficient (Wildman–Crippen LogP) is 4.28. The second-order valence-corrected chi connectivity index (χ2v) is 5.07. The topological polar surface area (TPSA) is 39.2 Å². The minimum absolute atomic E-state index is 0.592. The van der Waals surface area contributed by atoms with E-state index in [0.717, 1.165) is 21.1 Å². The fourth-order valence-corrected chi connectivity index (χ4v) is 2.57. The standard InChI is InChI=1S/C12H12ClNOS/c1-7-5-10(14)9(13)6-12(7)16-11-3-4-15-8(11)2/h3-6H,14H2,1-2H3. The third-order valence-corrected chi connectivity index (χ3v) is 3.96. The van der Waals surface area contributed by atoms with E-state index in [9.17, 15) is 0 Å². The molecular formula is C12H12ClNOS. The summed E-state index contributed by atoms with van der Waals surface area (Å²) in [6.45, 7) is 3.96. The first-order valence-corrected chi connectivity index (χ1v) is 6.05. The Hall–Kier alpha value is -1.06. The van der Waals surface area contributed by atoms with Gasteiger partial charge in [0.2, 0.25) is 0 Å². The van der Waals surface area contributed by atoms with Crippen molar-refractivity contribution < 1.29 is 4.42 Å². The van der Waals surface area contributed by atoms with Crippen molar-refractivity contribution in [3.63, 3.8) is 0 Å². The molecule has 2 nitrogen and oxygen atoms in total. The fraction of sp³-hybridized carbons (Fsp3) is 0.167. The molecular weight excluding hydrogens is 242 g/mol. The van der Waals surface area contributed by atoms with Gasteiger partial charge >= 0.3 is 0 Å². The van der Waals surface area contributed by atoms with Crippen molar-refractivity contribution in [3.05, 3.63) is 40.8 Å². The summed E-state index contributed by atoms with van der Waals surface area (Å²) < 4.78 is 5.25. The quantitative estimate of drug-likeness (QED) is 0.812. The number of aryl methyl sites for hydroxylation is 2. The van der Waals surface area contributed by atoms with Crippen LogP contribution >= 0.6 is 23.4 Å². The van der Waals surface area contributed by atoms with Crippen LogP contribution in [0.25, 0.3) is 0 Å². The van der Waals surface area contributed by atoms with Crippen LogP contribution in [0.1, 0.15) is 11.3 Å². The molecule has 0 amide bonds. The van der Waals surface area contributed by atoms with Gasteiger partial charge in [0.15, 0.2) is 0 Å². The largest absolute Gasteiger partial charge is 0.468 e. The number of hydrogen-bond donors (Lipinski definition) is 1. The molecule has 1 aromatic carbocycles. The Morgan fingerprint density at radius 2 is 2.00 bits per heavy atom. The first kappa shape index (κ1) is 11.4. The third-order valence-electron chi connectivity index (χ3n) is 2.33. The molecule has 0 radical (unpaired) electrons. The van der Waals surface area contributed by atoms with Crippen LogP contribution in [-0.4, -0.2) is 0 Å². The zero-order valence-electron chi connectivity index (χ0n) is 9.08. The molecule has 0 bridgehead atoms. The van der Waals surface area contributed by atoms with Crippen molar-refractivity contribution in [3.8, 4) is 0 Å². The highest BCUT2D eigenvalue weighted by molar-refractivity contribution is 7.99. The molecule has 1 aromatic heterocycles. The van der Waals surface area contributed by atoms with E-state index in [2.05, 4.69) is 0 Å². The minimum atomic E-state index is 0.592. The summed E-state index contributed by atoms with van der Waals surface area (Å²) in [5.41, 5.74) is 7.47. The van der Waals surface area contributed by atoms with E-state index in [0.29, 0.717) is 10.7 Å². The third kappa shape index (κ3) is 2.20. The highest BCUT2D eigenvalue weighted by atomic mass is 35.5. The molecule has 16 heavy (non-hydrogen) atoms. The first-order chi connectivity index (χ1) is 7.58. The van der Waals surface area contributed by atoms with E-state index in [4.69, 9.17) is 21.8 Å². The van der Waals surface area contributed by atoms with Gasteiger partial charge in [-0.15, -0.1) is 0 Å². The number of nitrogens with two attached hydrogens (primary N) is 1. The Labute approximate surface area is 104 Å². The van der Waals surface area contributed by atoms with Crippen LogP contribution in [0.2, 0.25) is 5.02 Å². The van der Waals surface area contributed by atoms with Gasteiger partial charge in [-0.1, -0.05) is 23.4 Å². The molecule has 84 valence electrons. The van der Waals surface area contributed by atoms with Crippen molar-refractivity contribution in [2.24, 2.45) is 0 Å². The van der Waals surface area contributed by atoms with E-state index >= 15 is 0 Å². The van der Waals surface area contributed by atoms with Crippen LogP contribution in [0.3, 0.4) is 0 Å². The summed E-state index contributed by atoms with van der Waals surface area (Å²) >= 11 is 7.64. The smallest absolute Gasteiger partial charge is 0.114 e. The predicted molar refractivity (Wildman–Crippen MR) is 68.2 cm³/mol. The molecule has 0 aliphatic carbocycles. The molecule has 0 atom stereocenters. The van der Waals surface area contributed by atoms with Crippen LogP contribution in [0.4, 0.5) is 5.69 Å². The van der Waals surface area contributed by atoms with Crippen molar-refractivity contribution in [1.29, 1.82) is 0 Å². The summed E-state index contributed by atoms with van der Waals surface area (Å²) in [6.07, 6.45) is 1.69. The lowest BCUT2D eigenvalue weighted by Crippen LogP contribution is -1.89. The number of rotatable bonds is 2. The minimum Gasteiger partial charge on any atom is -0.468 e. The maximum absolute atomic E-state index is 6.00. The van der Waals surface area contributed by atoms with Gasteiger partial charge in [0, 0.05) is 4.90 Å². The van der Waals surface area contributed by atoms with E-state index in [-0.39, 0.29) is 0 Å². The molecule has 2 rings (SSSR count). The number of halogens is 1. The Morgan fingerprint density at radius 3 is 2.62 bits per heavy atom. The maximum Gasteiger partial charge on any atom is 0.114 e. The van der Waals surface area contributed by atoms with Gasteiger partial charge in [-0.05, 0) is 37.6 Å². The average molecular weight is 254 g/mol. The second-order valence-electron chi connectivity index (χ2n) is 3.58. The molecule has 0 spiro atoms. The van der Waals surface area contributed by atoms with Crippen molar-refractivity contribution >= 4 is 29.1 Å². The number of nitrogen functional groups attached to an aromatic ring is 1. The van der Waals surface area contributed by atoms with Gasteiger partial charge in [-0.3, -0.25) is 0 Å². The lowest BCUT2D eigenvalue weighted by Gasteiger charge is -2.07. The zero-order valence-corrected chi connectivity index (χ0v) is 10.7. The monoisotopic (exact) mass is 253 g/mol. The first-order valence-electron chi connectivity index (χ1n) is 4.85. The molecule has 1 heterocycles. The van der Waals surface area contributed by atoms with E-state index < -0.39 is 0 Å². The van der Waals surface area contributed by atoms with E-state index in [1.54, 1.807) is 18.0 Å².